The predicted molar refractivity (Wildman–Crippen MR) is 86.6 cm³/mol. The van der Waals surface area contributed by atoms with Gasteiger partial charge in [-0.1, -0.05) is 42.3 Å². The van der Waals surface area contributed by atoms with Crippen molar-refractivity contribution in [3.05, 3.63) is 28.2 Å². The van der Waals surface area contributed by atoms with E-state index >= 15 is 0 Å². The number of benzene rings is 1. The lowest BCUT2D eigenvalue weighted by atomic mass is 9.78. The van der Waals surface area contributed by atoms with E-state index in [0.29, 0.717) is 5.41 Å². The molecule has 0 radical (unpaired) electrons. The molecule has 0 amide bonds. The third-order valence-electron chi connectivity index (χ3n) is 4.66. The second-order valence-corrected chi connectivity index (χ2v) is 7.00. The quantitative estimate of drug-likeness (QED) is 0.887. The van der Waals surface area contributed by atoms with Crippen molar-refractivity contribution in [2.75, 3.05) is 18.0 Å². The number of hydrogen-bond donors (Lipinski definition) is 1. The van der Waals surface area contributed by atoms with Crippen molar-refractivity contribution < 1.29 is 0 Å². The zero-order valence-electron chi connectivity index (χ0n) is 12.2. The Morgan fingerprint density at radius 1 is 1.37 bits per heavy atom. The number of nitrogens with two attached hydrogens (primary N) is 1. The Bertz CT molecular complexity index is 434. The molecule has 0 saturated carbocycles. The number of rotatable bonds is 3. The minimum absolute atomic E-state index is 0.0770. The molecular formula is C16H25BrN2. The Morgan fingerprint density at radius 2 is 2.00 bits per heavy atom. The summed E-state index contributed by atoms with van der Waals surface area (Å²) in [7, 11) is 0. The summed E-state index contributed by atoms with van der Waals surface area (Å²) in [6.07, 6.45) is 3.86. The van der Waals surface area contributed by atoms with Crippen molar-refractivity contribution in [1.29, 1.82) is 0 Å². The number of anilines is 1. The number of piperidine rings is 1. The molecule has 0 bridgehead atoms. The van der Waals surface area contributed by atoms with Gasteiger partial charge < -0.3 is 10.6 Å². The summed E-state index contributed by atoms with van der Waals surface area (Å²) in [6.45, 7) is 9.07. The minimum atomic E-state index is 0.0770. The van der Waals surface area contributed by atoms with Gasteiger partial charge in [-0.3, -0.25) is 0 Å². The molecule has 1 aliphatic heterocycles. The molecule has 0 aromatic heterocycles. The summed E-state index contributed by atoms with van der Waals surface area (Å²) in [6, 6.07) is 6.65. The van der Waals surface area contributed by atoms with E-state index in [1.54, 1.807) is 0 Å². The second-order valence-electron chi connectivity index (χ2n) is 6.15. The molecular weight excluding hydrogens is 300 g/mol. The average molecular weight is 325 g/mol. The third-order valence-corrected chi connectivity index (χ3v) is 5.35. The normalized spacial score (nSPS) is 20.4. The van der Waals surface area contributed by atoms with Crippen molar-refractivity contribution in [3.8, 4) is 0 Å². The van der Waals surface area contributed by atoms with Crippen LogP contribution in [0, 0.1) is 5.41 Å². The van der Waals surface area contributed by atoms with Crippen LogP contribution in [0.1, 0.15) is 51.6 Å². The van der Waals surface area contributed by atoms with E-state index in [1.165, 1.54) is 30.5 Å². The number of hydrogen-bond acceptors (Lipinski definition) is 2. The van der Waals surface area contributed by atoms with Gasteiger partial charge in [0.25, 0.3) is 0 Å². The van der Waals surface area contributed by atoms with Gasteiger partial charge >= 0.3 is 0 Å². The largest absolute Gasteiger partial charge is 0.371 e. The first-order valence-corrected chi connectivity index (χ1v) is 8.04. The monoisotopic (exact) mass is 324 g/mol. The van der Waals surface area contributed by atoms with E-state index in [9.17, 15) is 0 Å². The molecule has 3 heteroatoms. The van der Waals surface area contributed by atoms with Crippen LogP contribution in [0.5, 0.6) is 0 Å². The average Bonchev–Trinajstić information content (AvgIpc) is 2.39. The topological polar surface area (TPSA) is 29.3 Å². The van der Waals surface area contributed by atoms with Gasteiger partial charge in [0.05, 0.1) is 0 Å². The van der Waals surface area contributed by atoms with Crippen molar-refractivity contribution in [2.24, 2.45) is 11.1 Å². The maximum atomic E-state index is 5.95. The minimum Gasteiger partial charge on any atom is -0.371 e. The van der Waals surface area contributed by atoms with Gasteiger partial charge in [-0.2, -0.15) is 0 Å². The lowest BCUT2D eigenvalue weighted by Gasteiger charge is -2.40. The van der Waals surface area contributed by atoms with Gasteiger partial charge in [0, 0.05) is 29.3 Å². The highest BCUT2D eigenvalue weighted by Crippen LogP contribution is 2.36. The van der Waals surface area contributed by atoms with Gasteiger partial charge in [0.2, 0.25) is 0 Å². The van der Waals surface area contributed by atoms with Crippen molar-refractivity contribution in [3.63, 3.8) is 0 Å². The zero-order chi connectivity index (χ0) is 14.0. The first-order chi connectivity index (χ1) is 8.95. The lowest BCUT2D eigenvalue weighted by molar-refractivity contribution is 0.238. The van der Waals surface area contributed by atoms with Crippen molar-refractivity contribution in [1.82, 2.24) is 0 Å². The second kappa shape index (κ2) is 5.84. The highest BCUT2D eigenvalue weighted by Gasteiger charge is 2.28. The van der Waals surface area contributed by atoms with E-state index in [-0.39, 0.29) is 6.04 Å². The molecule has 1 aromatic rings. The molecule has 2 rings (SSSR count). The maximum absolute atomic E-state index is 5.95. The third kappa shape index (κ3) is 3.32. The molecule has 1 aliphatic rings. The van der Waals surface area contributed by atoms with Crippen LogP contribution in [0.25, 0.3) is 0 Å². The number of halogens is 1. The molecule has 2 N–H and O–H groups in total. The van der Waals surface area contributed by atoms with Crippen LogP contribution >= 0.6 is 15.9 Å². The summed E-state index contributed by atoms with van der Waals surface area (Å²) >= 11 is 3.64. The van der Waals surface area contributed by atoms with Gasteiger partial charge in [0.15, 0.2) is 0 Å². The molecule has 0 aliphatic carbocycles. The van der Waals surface area contributed by atoms with Crippen molar-refractivity contribution >= 4 is 21.6 Å². The molecule has 19 heavy (non-hydrogen) atoms. The van der Waals surface area contributed by atoms with Crippen LogP contribution < -0.4 is 10.6 Å². The Balaban J connectivity index is 2.10. The van der Waals surface area contributed by atoms with E-state index in [0.717, 1.165) is 17.6 Å². The van der Waals surface area contributed by atoms with Crippen molar-refractivity contribution in [2.45, 2.75) is 46.1 Å². The standard InChI is InChI=1S/C16H25BrN2/c1-4-16(3)7-9-19(10-8-16)13-5-6-14(12(2)18)15(17)11-13/h5-6,11-12H,4,7-10,18H2,1-3H3/t12-/m1/s1. The highest BCUT2D eigenvalue weighted by molar-refractivity contribution is 9.10. The molecule has 1 atom stereocenters. The van der Waals surface area contributed by atoms with Gasteiger partial charge in [-0.25, -0.2) is 0 Å². The summed E-state index contributed by atoms with van der Waals surface area (Å²) in [5.74, 6) is 0. The molecule has 1 saturated heterocycles. The van der Waals surface area contributed by atoms with E-state index in [2.05, 4.69) is 52.9 Å². The smallest absolute Gasteiger partial charge is 0.0377 e. The Labute approximate surface area is 125 Å². The van der Waals surface area contributed by atoms with Crippen LogP contribution in [0.3, 0.4) is 0 Å². The summed E-state index contributed by atoms with van der Waals surface area (Å²) < 4.78 is 1.13. The SMILES string of the molecule is CCC1(C)CCN(c2ccc([C@@H](C)N)c(Br)c2)CC1. The fourth-order valence-electron chi connectivity index (χ4n) is 2.74. The molecule has 106 valence electrons. The van der Waals surface area contributed by atoms with Gasteiger partial charge in [-0.15, -0.1) is 0 Å². The first kappa shape index (κ1) is 14.9. The molecule has 1 fully saturated rings. The molecule has 2 nitrogen and oxygen atoms in total. The van der Waals surface area contributed by atoms with Crippen LogP contribution in [-0.4, -0.2) is 13.1 Å². The van der Waals surface area contributed by atoms with Gasteiger partial charge in [0.1, 0.15) is 0 Å². The zero-order valence-corrected chi connectivity index (χ0v) is 13.8. The van der Waals surface area contributed by atoms with Crippen LogP contribution in [-0.2, 0) is 0 Å². The van der Waals surface area contributed by atoms with Crippen LogP contribution in [0.15, 0.2) is 22.7 Å². The molecule has 0 unspecified atom stereocenters. The van der Waals surface area contributed by atoms with Crippen LogP contribution in [0.4, 0.5) is 5.69 Å². The first-order valence-electron chi connectivity index (χ1n) is 7.25. The van der Waals surface area contributed by atoms with Crippen LogP contribution in [0.2, 0.25) is 0 Å². The lowest BCUT2D eigenvalue weighted by Crippen LogP contribution is -2.38. The summed E-state index contributed by atoms with van der Waals surface area (Å²) in [5.41, 5.74) is 8.99. The Morgan fingerprint density at radius 3 is 2.47 bits per heavy atom. The van der Waals surface area contributed by atoms with E-state index < -0.39 is 0 Å². The van der Waals surface area contributed by atoms with E-state index in [4.69, 9.17) is 5.73 Å². The number of nitrogens with zero attached hydrogens (tertiary/aromatic N) is 1. The molecule has 1 aromatic carbocycles. The highest BCUT2D eigenvalue weighted by atomic mass is 79.9. The van der Waals surface area contributed by atoms with E-state index in [1.807, 2.05) is 6.92 Å². The Kier molecular flexibility index (Phi) is 4.57. The summed E-state index contributed by atoms with van der Waals surface area (Å²) in [5, 5.41) is 0. The molecule has 0 spiro atoms. The fourth-order valence-corrected chi connectivity index (χ4v) is 3.47. The summed E-state index contributed by atoms with van der Waals surface area (Å²) in [4.78, 5) is 2.49. The van der Waals surface area contributed by atoms with Gasteiger partial charge in [-0.05, 0) is 42.9 Å². The predicted octanol–water partition coefficient (Wildman–Crippen LogP) is 4.49. The fraction of sp³-hybridized carbons (Fsp3) is 0.625. The maximum Gasteiger partial charge on any atom is 0.0377 e. The Hall–Kier alpha value is -0.540. The molecule has 1 heterocycles.